The number of thiophene rings is 1. The molecule has 1 aromatic rings. The molecule has 1 N–H and O–H groups in total. The Labute approximate surface area is 114 Å². The highest BCUT2D eigenvalue weighted by Gasteiger charge is 2.29. The van der Waals surface area contributed by atoms with Crippen molar-refractivity contribution in [1.29, 1.82) is 0 Å². The van der Waals surface area contributed by atoms with Gasteiger partial charge in [-0.15, -0.1) is 11.3 Å². The van der Waals surface area contributed by atoms with E-state index in [9.17, 15) is 18.0 Å². The van der Waals surface area contributed by atoms with Crippen molar-refractivity contribution in [3.8, 4) is 0 Å². The Hall–Kier alpha value is -1.41. The number of esters is 1. The maximum Gasteiger partial charge on any atom is 0.348 e. The highest BCUT2D eigenvalue weighted by atomic mass is 32.2. The number of nitrogens with one attached hydrogen (secondary N) is 1. The second-order valence-electron chi connectivity index (χ2n) is 4.22. The van der Waals surface area contributed by atoms with Crippen LogP contribution in [0.3, 0.4) is 0 Å². The lowest BCUT2D eigenvalue weighted by molar-refractivity contribution is -0.124. The molecule has 0 bridgehead atoms. The summed E-state index contributed by atoms with van der Waals surface area (Å²) in [6.07, 6.45) is 0.410. The average molecular weight is 303 g/mol. The summed E-state index contributed by atoms with van der Waals surface area (Å²) in [6, 6.07) is 2.94. The van der Waals surface area contributed by atoms with Gasteiger partial charge in [0.15, 0.2) is 16.4 Å². The van der Waals surface area contributed by atoms with E-state index in [0.717, 1.165) is 0 Å². The molecule has 0 spiro atoms. The van der Waals surface area contributed by atoms with Gasteiger partial charge in [0.1, 0.15) is 4.88 Å². The first-order valence-corrected chi connectivity index (χ1v) is 8.37. The Morgan fingerprint density at radius 3 is 2.84 bits per heavy atom. The molecule has 104 valence electrons. The fourth-order valence-corrected chi connectivity index (χ4v) is 4.06. The molecule has 1 amide bonds. The van der Waals surface area contributed by atoms with E-state index in [1.807, 2.05) is 0 Å². The topological polar surface area (TPSA) is 89.5 Å². The van der Waals surface area contributed by atoms with Crippen LogP contribution >= 0.6 is 11.3 Å². The smallest absolute Gasteiger partial charge is 0.348 e. The van der Waals surface area contributed by atoms with Crippen molar-refractivity contribution in [2.24, 2.45) is 0 Å². The fourth-order valence-electron chi connectivity index (χ4n) is 1.78. The summed E-state index contributed by atoms with van der Waals surface area (Å²) in [7, 11) is -3.03. The monoisotopic (exact) mass is 303 g/mol. The number of carbonyl (C=O) groups excluding carboxylic acids is 2. The van der Waals surface area contributed by atoms with E-state index in [2.05, 4.69) is 5.32 Å². The van der Waals surface area contributed by atoms with Gasteiger partial charge in [0, 0.05) is 6.04 Å². The van der Waals surface area contributed by atoms with Crippen LogP contribution < -0.4 is 5.32 Å². The lowest BCUT2D eigenvalue weighted by atomic mass is 10.2. The fraction of sp³-hybridized carbons (Fsp3) is 0.455. The van der Waals surface area contributed by atoms with Crippen molar-refractivity contribution in [3.05, 3.63) is 22.4 Å². The number of hydrogen-bond donors (Lipinski definition) is 1. The minimum atomic E-state index is -3.03. The molecule has 19 heavy (non-hydrogen) atoms. The predicted octanol–water partition coefficient (Wildman–Crippen LogP) is 0.208. The minimum Gasteiger partial charge on any atom is -0.451 e. The number of sulfone groups is 1. The van der Waals surface area contributed by atoms with E-state index in [4.69, 9.17) is 4.74 Å². The minimum absolute atomic E-state index is 0.0440. The van der Waals surface area contributed by atoms with Crippen LogP contribution in [0.5, 0.6) is 0 Å². The van der Waals surface area contributed by atoms with E-state index >= 15 is 0 Å². The number of amides is 1. The SMILES string of the molecule is O=C(COC(=O)c1cccs1)N[C@H]1CCS(=O)(=O)C1. The maximum absolute atomic E-state index is 11.5. The molecule has 2 rings (SSSR count). The van der Waals surface area contributed by atoms with E-state index in [1.165, 1.54) is 11.3 Å². The molecule has 1 fully saturated rings. The zero-order chi connectivity index (χ0) is 13.9. The zero-order valence-corrected chi connectivity index (χ0v) is 11.6. The van der Waals surface area contributed by atoms with Gasteiger partial charge in [-0.05, 0) is 17.9 Å². The van der Waals surface area contributed by atoms with Crippen molar-refractivity contribution in [2.45, 2.75) is 12.5 Å². The standard InChI is InChI=1S/C11H13NO5S2/c13-10(12-8-3-5-19(15,16)7-8)6-17-11(14)9-2-1-4-18-9/h1-2,4,8H,3,5-7H2,(H,12,13)/t8-/m0/s1. The van der Waals surface area contributed by atoms with Crippen LogP contribution in [-0.4, -0.2) is 44.4 Å². The molecule has 1 aliphatic heterocycles. The predicted molar refractivity (Wildman–Crippen MR) is 69.8 cm³/mol. The van der Waals surface area contributed by atoms with Gasteiger partial charge in [0.25, 0.3) is 5.91 Å². The van der Waals surface area contributed by atoms with Crippen LogP contribution in [0, 0.1) is 0 Å². The van der Waals surface area contributed by atoms with Crippen molar-refractivity contribution >= 4 is 33.1 Å². The van der Waals surface area contributed by atoms with Crippen molar-refractivity contribution in [1.82, 2.24) is 5.32 Å². The molecule has 1 aromatic heterocycles. The van der Waals surface area contributed by atoms with Crippen molar-refractivity contribution in [3.63, 3.8) is 0 Å². The molecular weight excluding hydrogens is 290 g/mol. The van der Waals surface area contributed by atoms with Crippen LogP contribution in [0.1, 0.15) is 16.1 Å². The molecule has 1 atom stereocenters. The first-order valence-electron chi connectivity index (χ1n) is 5.67. The third-order valence-electron chi connectivity index (χ3n) is 2.65. The molecule has 2 heterocycles. The number of ether oxygens (including phenoxy) is 1. The van der Waals surface area contributed by atoms with Gasteiger partial charge < -0.3 is 10.1 Å². The Morgan fingerprint density at radius 1 is 1.47 bits per heavy atom. The van der Waals surface area contributed by atoms with Crippen molar-refractivity contribution in [2.75, 3.05) is 18.1 Å². The number of hydrogen-bond acceptors (Lipinski definition) is 6. The van der Waals surface area contributed by atoms with Gasteiger partial charge in [0.2, 0.25) is 0 Å². The van der Waals surface area contributed by atoms with Crippen LogP contribution in [0.15, 0.2) is 17.5 Å². The summed E-state index contributed by atoms with van der Waals surface area (Å²) < 4.78 is 27.2. The molecular formula is C11H13NO5S2. The van der Waals surface area contributed by atoms with E-state index < -0.39 is 28.3 Å². The van der Waals surface area contributed by atoms with Gasteiger partial charge in [-0.25, -0.2) is 13.2 Å². The Morgan fingerprint density at radius 2 is 2.26 bits per heavy atom. The highest BCUT2D eigenvalue weighted by Crippen LogP contribution is 2.12. The molecule has 0 aliphatic carbocycles. The van der Waals surface area contributed by atoms with E-state index in [1.54, 1.807) is 17.5 Å². The summed E-state index contributed by atoms with van der Waals surface area (Å²) in [4.78, 5) is 23.4. The van der Waals surface area contributed by atoms with Gasteiger partial charge >= 0.3 is 5.97 Å². The molecule has 0 saturated carbocycles. The van der Waals surface area contributed by atoms with Crippen molar-refractivity contribution < 1.29 is 22.7 Å². The maximum atomic E-state index is 11.5. The first-order chi connectivity index (χ1) is 8.96. The second-order valence-corrected chi connectivity index (χ2v) is 7.40. The average Bonchev–Trinajstić information content (AvgIpc) is 2.96. The first kappa shape index (κ1) is 14.0. The quantitative estimate of drug-likeness (QED) is 0.803. The Bertz CT molecular complexity index is 564. The third-order valence-corrected chi connectivity index (χ3v) is 5.27. The molecule has 0 radical (unpaired) electrons. The molecule has 1 aliphatic rings. The summed E-state index contributed by atoms with van der Waals surface area (Å²) in [5.41, 5.74) is 0. The Balaban J connectivity index is 1.75. The molecule has 8 heteroatoms. The van der Waals surface area contributed by atoms with Gasteiger partial charge in [0.05, 0.1) is 11.5 Å². The summed E-state index contributed by atoms with van der Waals surface area (Å²) in [5.74, 6) is -0.985. The van der Waals surface area contributed by atoms with E-state index in [0.29, 0.717) is 11.3 Å². The zero-order valence-electron chi connectivity index (χ0n) is 10.00. The van der Waals surface area contributed by atoms with Crippen LogP contribution in [0.4, 0.5) is 0 Å². The number of carbonyl (C=O) groups is 2. The molecule has 0 unspecified atom stereocenters. The van der Waals surface area contributed by atoms with Crippen LogP contribution in [-0.2, 0) is 19.4 Å². The lowest BCUT2D eigenvalue weighted by Crippen LogP contribution is -2.38. The molecule has 0 aromatic carbocycles. The van der Waals surface area contributed by atoms with E-state index in [-0.39, 0.29) is 17.5 Å². The summed E-state index contributed by atoms with van der Waals surface area (Å²) >= 11 is 1.23. The highest BCUT2D eigenvalue weighted by molar-refractivity contribution is 7.91. The third kappa shape index (κ3) is 4.03. The second kappa shape index (κ2) is 5.70. The summed E-state index contributed by atoms with van der Waals surface area (Å²) in [5, 5.41) is 4.28. The van der Waals surface area contributed by atoms with Gasteiger partial charge in [-0.2, -0.15) is 0 Å². The van der Waals surface area contributed by atoms with Crippen LogP contribution in [0.25, 0.3) is 0 Å². The lowest BCUT2D eigenvalue weighted by Gasteiger charge is -2.10. The number of rotatable bonds is 4. The largest absolute Gasteiger partial charge is 0.451 e. The summed E-state index contributed by atoms with van der Waals surface area (Å²) in [6.45, 7) is -0.396. The Kier molecular flexibility index (Phi) is 4.20. The van der Waals surface area contributed by atoms with Gasteiger partial charge in [-0.1, -0.05) is 6.07 Å². The van der Waals surface area contributed by atoms with Crippen LogP contribution in [0.2, 0.25) is 0 Å². The molecule has 6 nitrogen and oxygen atoms in total. The van der Waals surface area contributed by atoms with Gasteiger partial charge in [-0.3, -0.25) is 4.79 Å². The molecule has 1 saturated heterocycles. The normalized spacial score (nSPS) is 20.9.